The number of fused-ring (bicyclic) bond motifs is 1. The second-order valence-electron chi connectivity index (χ2n) is 7.01. The van der Waals surface area contributed by atoms with Crippen molar-refractivity contribution in [1.29, 1.82) is 0 Å². The van der Waals surface area contributed by atoms with Crippen LogP contribution in [-0.4, -0.2) is 24.1 Å². The van der Waals surface area contributed by atoms with E-state index in [4.69, 9.17) is 14.2 Å². The third-order valence-electron chi connectivity index (χ3n) is 4.85. The molecule has 0 saturated carbocycles. The Kier molecular flexibility index (Phi) is 6.18. The molecule has 0 spiro atoms. The summed E-state index contributed by atoms with van der Waals surface area (Å²) in [5.41, 5.74) is 2.49. The molecular formula is C23H24N2O4S. The van der Waals surface area contributed by atoms with E-state index in [1.54, 1.807) is 35.6 Å². The lowest BCUT2D eigenvalue weighted by Crippen LogP contribution is -2.28. The largest absolute Gasteiger partial charge is 0.487 e. The van der Waals surface area contributed by atoms with E-state index >= 15 is 0 Å². The minimum atomic E-state index is -0.126. The van der Waals surface area contributed by atoms with E-state index < -0.39 is 0 Å². The Morgan fingerprint density at radius 3 is 2.63 bits per heavy atom. The highest BCUT2D eigenvalue weighted by atomic mass is 32.1. The molecule has 3 aromatic rings. The molecule has 0 saturated heterocycles. The number of ether oxygens (including phenoxy) is 3. The van der Waals surface area contributed by atoms with Crippen molar-refractivity contribution in [3.8, 4) is 17.2 Å². The first-order chi connectivity index (χ1) is 14.6. The summed E-state index contributed by atoms with van der Waals surface area (Å²) in [5.74, 6) is 2.05. The van der Waals surface area contributed by atoms with Crippen molar-refractivity contribution in [1.82, 2.24) is 10.3 Å². The van der Waals surface area contributed by atoms with Crippen LogP contribution >= 0.6 is 11.3 Å². The van der Waals surface area contributed by atoms with Crippen LogP contribution in [0.1, 0.15) is 46.0 Å². The average molecular weight is 425 g/mol. The van der Waals surface area contributed by atoms with Crippen LogP contribution in [0.4, 0.5) is 0 Å². The lowest BCUT2D eigenvalue weighted by atomic mass is 10.0. The number of thiazole rings is 1. The number of aryl methyl sites for hydroxylation is 1. The number of nitrogens with one attached hydrogen (secondary N) is 1. The van der Waals surface area contributed by atoms with Crippen LogP contribution in [0.5, 0.6) is 17.2 Å². The molecule has 6 nitrogen and oxygen atoms in total. The molecule has 1 amide bonds. The quantitative estimate of drug-likeness (QED) is 0.596. The first kappa shape index (κ1) is 20.2. The maximum atomic E-state index is 12.8. The minimum absolute atomic E-state index is 0.114. The predicted molar refractivity (Wildman–Crippen MR) is 116 cm³/mol. The molecule has 0 fully saturated rings. The Hall–Kier alpha value is -3.06. The van der Waals surface area contributed by atoms with Crippen LogP contribution < -0.4 is 19.5 Å². The van der Waals surface area contributed by atoms with Crippen molar-refractivity contribution in [2.24, 2.45) is 0 Å². The van der Waals surface area contributed by atoms with Gasteiger partial charge in [-0.1, -0.05) is 13.0 Å². The normalized spacial score (nSPS) is 13.5. The first-order valence-corrected chi connectivity index (χ1v) is 10.8. The fourth-order valence-electron chi connectivity index (χ4n) is 3.27. The fourth-order valence-corrected chi connectivity index (χ4v) is 3.87. The minimum Gasteiger partial charge on any atom is -0.487 e. The van der Waals surface area contributed by atoms with Gasteiger partial charge in [-0.2, -0.15) is 0 Å². The Morgan fingerprint density at radius 2 is 1.93 bits per heavy atom. The molecule has 1 aliphatic heterocycles. The number of carbonyl (C=O) groups excluding carboxylic acids is 1. The van der Waals surface area contributed by atoms with Gasteiger partial charge in [-0.15, -0.1) is 11.3 Å². The zero-order valence-corrected chi connectivity index (χ0v) is 17.8. The number of carbonyl (C=O) groups is 1. The summed E-state index contributed by atoms with van der Waals surface area (Å²) in [6, 6.07) is 12.9. The summed E-state index contributed by atoms with van der Waals surface area (Å²) in [6.07, 6.45) is 0.764. The monoisotopic (exact) mass is 424 g/mol. The molecule has 156 valence electrons. The number of rotatable bonds is 7. The van der Waals surface area contributed by atoms with Gasteiger partial charge in [0.25, 0.3) is 5.91 Å². The second-order valence-corrected chi connectivity index (χ2v) is 8.07. The number of hydrogen-bond acceptors (Lipinski definition) is 6. The van der Waals surface area contributed by atoms with Gasteiger partial charge >= 0.3 is 0 Å². The smallest absolute Gasteiger partial charge is 0.251 e. The maximum absolute atomic E-state index is 12.8. The molecule has 2 heterocycles. The third-order valence-corrected chi connectivity index (χ3v) is 5.67. The van der Waals surface area contributed by atoms with E-state index in [0.717, 1.165) is 34.2 Å². The van der Waals surface area contributed by atoms with Gasteiger partial charge in [-0.3, -0.25) is 4.79 Å². The zero-order valence-electron chi connectivity index (χ0n) is 17.0. The first-order valence-electron chi connectivity index (χ1n) is 9.96. The van der Waals surface area contributed by atoms with E-state index in [1.165, 1.54) is 0 Å². The van der Waals surface area contributed by atoms with Gasteiger partial charge in [0.05, 0.1) is 16.7 Å². The van der Waals surface area contributed by atoms with Gasteiger partial charge in [0, 0.05) is 10.9 Å². The topological polar surface area (TPSA) is 69.7 Å². The molecule has 0 aliphatic carbocycles. The number of hydrogen-bond donors (Lipinski definition) is 1. The molecule has 0 radical (unpaired) electrons. The van der Waals surface area contributed by atoms with Gasteiger partial charge in [0.1, 0.15) is 25.6 Å². The van der Waals surface area contributed by atoms with Crippen molar-refractivity contribution < 1.29 is 19.0 Å². The number of amides is 1. The van der Waals surface area contributed by atoms with Crippen LogP contribution in [0.2, 0.25) is 0 Å². The molecule has 1 atom stereocenters. The Morgan fingerprint density at radius 1 is 1.17 bits per heavy atom. The lowest BCUT2D eigenvalue weighted by Gasteiger charge is -2.22. The zero-order chi connectivity index (χ0) is 20.9. The van der Waals surface area contributed by atoms with E-state index in [1.807, 2.05) is 37.4 Å². The van der Waals surface area contributed by atoms with Gasteiger partial charge in [0.15, 0.2) is 11.5 Å². The maximum Gasteiger partial charge on any atom is 0.251 e. The van der Waals surface area contributed by atoms with E-state index in [2.05, 4.69) is 10.3 Å². The van der Waals surface area contributed by atoms with Crippen molar-refractivity contribution in [2.45, 2.75) is 32.9 Å². The van der Waals surface area contributed by atoms with E-state index in [0.29, 0.717) is 31.1 Å². The third kappa shape index (κ3) is 4.74. The standard InChI is InChI=1S/C23H24N2O4S/c1-3-20(17-6-9-21-22(12-17)28-11-10-27-21)25-23(26)16-4-7-19(8-5-16)29-13-18-14-30-15(2)24-18/h4-9,12,14,20H,3,10-11,13H2,1-2H3,(H,25,26). The van der Waals surface area contributed by atoms with E-state index in [-0.39, 0.29) is 11.9 Å². The van der Waals surface area contributed by atoms with Crippen LogP contribution in [0.3, 0.4) is 0 Å². The van der Waals surface area contributed by atoms with Gasteiger partial charge < -0.3 is 19.5 Å². The molecule has 1 unspecified atom stereocenters. The number of nitrogens with zero attached hydrogens (tertiary/aromatic N) is 1. The SMILES string of the molecule is CCC(NC(=O)c1ccc(OCc2csc(C)n2)cc1)c1ccc2c(c1)OCCO2. The van der Waals surface area contributed by atoms with Crippen LogP contribution in [0.25, 0.3) is 0 Å². The molecule has 0 bridgehead atoms. The van der Waals surface area contributed by atoms with Crippen molar-refractivity contribution >= 4 is 17.2 Å². The summed E-state index contributed by atoms with van der Waals surface area (Å²) < 4.78 is 17.0. The summed E-state index contributed by atoms with van der Waals surface area (Å²) in [5, 5.41) is 6.11. The van der Waals surface area contributed by atoms with Crippen molar-refractivity contribution in [3.63, 3.8) is 0 Å². The Balaban J connectivity index is 1.38. The van der Waals surface area contributed by atoms with Gasteiger partial charge in [-0.05, 0) is 55.3 Å². The predicted octanol–water partition coefficient (Wildman–Crippen LogP) is 4.68. The summed E-state index contributed by atoms with van der Waals surface area (Å²) in [4.78, 5) is 17.1. The van der Waals surface area contributed by atoms with Gasteiger partial charge in [0.2, 0.25) is 0 Å². The number of aromatic nitrogens is 1. The van der Waals surface area contributed by atoms with Crippen molar-refractivity contribution in [3.05, 3.63) is 69.7 Å². The molecule has 1 N–H and O–H groups in total. The second kappa shape index (κ2) is 9.17. The summed E-state index contributed by atoms with van der Waals surface area (Å²) in [7, 11) is 0. The highest BCUT2D eigenvalue weighted by Crippen LogP contribution is 2.33. The molecule has 1 aliphatic rings. The molecule has 7 heteroatoms. The molecule has 1 aromatic heterocycles. The average Bonchev–Trinajstić information content (AvgIpc) is 3.21. The van der Waals surface area contributed by atoms with Crippen LogP contribution in [0, 0.1) is 6.92 Å². The Bertz CT molecular complexity index is 1020. The molecule has 30 heavy (non-hydrogen) atoms. The summed E-state index contributed by atoms with van der Waals surface area (Å²) >= 11 is 1.60. The molecule has 2 aromatic carbocycles. The Labute approximate surface area is 179 Å². The summed E-state index contributed by atoms with van der Waals surface area (Å²) in [6.45, 7) is 5.52. The molecule has 4 rings (SSSR count). The number of benzene rings is 2. The van der Waals surface area contributed by atoms with Crippen LogP contribution in [0.15, 0.2) is 47.8 Å². The van der Waals surface area contributed by atoms with Gasteiger partial charge in [-0.25, -0.2) is 4.98 Å². The molecular weight excluding hydrogens is 400 g/mol. The highest BCUT2D eigenvalue weighted by molar-refractivity contribution is 7.09. The lowest BCUT2D eigenvalue weighted by molar-refractivity contribution is 0.0935. The van der Waals surface area contributed by atoms with Crippen molar-refractivity contribution in [2.75, 3.05) is 13.2 Å². The van der Waals surface area contributed by atoms with Crippen LogP contribution in [-0.2, 0) is 6.61 Å². The highest BCUT2D eigenvalue weighted by Gasteiger charge is 2.18. The van der Waals surface area contributed by atoms with E-state index in [9.17, 15) is 4.79 Å². The fraction of sp³-hybridized carbons (Fsp3) is 0.304.